The summed E-state index contributed by atoms with van der Waals surface area (Å²) in [5.74, 6) is -0.555. The second-order valence-corrected chi connectivity index (χ2v) is 4.62. The summed E-state index contributed by atoms with van der Waals surface area (Å²) in [5.41, 5.74) is -1.15. The van der Waals surface area contributed by atoms with Crippen molar-refractivity contribution in [3.8, 4) is 0 Å². The minimum atomic E-state index is -1.80. The molecule has 1 fully saturated rings. The van der Waals surface area contributed by atoms with Gasteiger partial charge in [-0.3, -0.25) is 0 Å². The Bertz CT molecular complexity index is 368. The molecule has 0 radical (unpaired) electrons. The number of aromatic amines is 1. The predicted molar refractivity (Wildman–Crippen MR) is 58.2 cm³/mol. The molecule has 5 unspecified atom stereocenters. The number of rotatable bonds is 2. The van der Waals surface area contributed by atoms with Crippen LogP contribution in [0.4, 0.5) is 0 Å². The highest BCUT2D eigenvalue weighted by atomic mass is 16.4. The number of hydrogen-bond acceptors (Lipinski definition) is 5. The van der Waals surface area contributed by atoms with Crippen molar-refractivity contribution in [2.45, 2.75) is 36.3 Å². The van der Waals surface area contributed by atoms with Crippen molar-refractivity contribution in [2.24, 2.45) is 0 Å². The minimum Gasteiger partial charge on any atom is -0.393 e. The molecule has 0 saturated heterocycles. The molecule has 6 nitrogen and oxygen atoms in total. The zero-order valence-corrected chi connectivity index (χ0v) is 9.19. The zero-order chi connectivity index (χ0) is 12.6. The van der Waals surface area contributed by atoms with Crippen molar-refractivity contribution in [1.82, 2.24) is 4.98 Å². The van der Waals surface area contributed by atoms with Gasteiger partial charge in [-0.2, -0.15) is 0 Å². The summed E-state index contributed by atoms with van der Waals surface area (Å²) in [6.45, 7) is -0.671. The summed E-state index contributed by atoms with van der Waals surface area (Å²) in [4.78, 5) is 2.89. The van der Waals surface area contributed by atoms with Crippen LogP contribution in [0, 0.1) is 0 Å². The highest BCUT2D eigenvalue weighted by Gasteiger charge is 2.51. The third-order valence-corrected chi connectivity index (χ3v) is 3.50. The molecule has 1 aromatic heterocycles. The van der Waals surface area contributed by atoms with E-state index in [4.69, 9.17) is 5.11 Å². The lowest BCUT2D eigenvalue weighted by atomic mass is 9.72. The quantitative estimate of drug-likeness (QED) is 0.370. The second-order valence-electron chi connectivity index (χ2n) is 4.62. The van der Waals surface area contributed by atoms with E-state index >= 15 is 0 Å². The molecule has 0 aliphatic heterocycles. The molecule has 0 amide bonds. The van der Waals surface area contributed by atoms with E-state index in [2.05, 4.69) is 4.98 Å². The highest BCUT2D eigenvalue weighted by molar-refractivity contribution is 5.18. The van der Waals surface area contributed by atoms with E-state index in [1.807, 2.05) is 0 Å². The second kappa shape index (κ2) is 4.40. The number of aliphatic hydroxyl groups is 5. The average molecular weight is 243 g/mol. The van der Waals surface area contributed by atoms with Crippen LogP contribution in [0.1, 0.15) is 18.0 Å². The number of aromatic nitrogens is 1. The van der Waals surface area contributed by atoms with Gasteiger partial charge in [-0.25, -0.2) is 0 Å². The largest absolute Gasteiger partial charge is 0.393 e. The van der Waals surface area contributed by atoms with Crippen LogP contribution in [-0.2, 0) is 0 Å². The Morgan fingerprint density at radius 2 is 2.00 bits per heavy atom. The molecule has 5 atom stereocenters. The van der Waals surface area contributed by atoms with Gasteiger partial charge in [-0.05, 0) is 18.6 Å². The first-order valence-corrected chi connectivity index (χ1v) is 5.50. The molecule has 6 heteroatoms. The van der Waals surface area contributed by atoms with Gasteiger partial charge in [0.25, 0.3) is 0 Å². The topological polar surface area (TPSA) is 117 Å². The van der Waals surface area contributed by atoms with E-state index in [1.165, 1.54) is 0 Å². The molecule has 96 valence electrons. The molecule has 17 heavy (non-hydrogen) atoms. The van der Waals surface area contributed by atoms with E-state index in [1.54, 1.807) is 18.3 Å². The van der Waals surface area contributed by atoms with Gasteiger partial charge in [-0.15, -0.1) is 0 Å². The molecule has 1 aliphatic carbocycles. The Kier molecular flexibility index (Phi) is 3.24. The summed E-state index contributed by atoms with van der Waals surface area (Å²) in [5, 5.41) is 48.4. The smallest absolute Gasteiger partial charge is 0.117 e. The molecule has 1 aromatic rings. The van der Waals surface area contributed by atoms with E-state index in [0.29, 0.717) is 5.69 Å². The van der Waals surface area contributed by atoms with Crippen molar-refractivity contribution < 1.29 is 25.5 Å². The van der Waals surface area contributed by atoms with Crippen LogP contribution in [0.15, 0.2) is 18.3 Å². The van der Waals surface area contributed by atoms with Crippen LogP contribution in [0.3, 0.4) is 0 Å². The van der Waals surface area contributed by atoms with Gasteiger partial charge in [0.05, 0.1) is 12.7 Å². The summed E-state index contributed by atoms with van der Waals surface area (Å²) in [6, 6.07) is 3.45. The van der Waals surface area contributed by atoms with E-state index in [0.717, 1.165) is 0 Å². The third kappa shape index (κ3) is 1.98. The summed E-state index contributed by atoms with van der Waals surface area (Å²) >= 11 is 0. The van der Waals surface area contributed by atoms with Gasteiger partial charge in [0.15, 0.2) is 0 Å². The van der Waals surface area contributed by atoms with Gasteiger partial charge in [0, 0.05) is 17.8 Å². The number of hydrogen-bond donors (Lipinski definition) is 6. The van der Waals surface area contributed by atoms with Gasteiger partial charge >= 0.3 is 0 Å². The lowest BCUT2D eigenvalue weighted by Gasteiger charge is -2.44. The molecule has 2 rings (SSSR count). The van der Waals surface area contributed by atoms with Crippen molar-refractivity contribution >= 4 is 0 Å². The van der Waals surface area contributed by atoms with Crippen LogP contribution >= 0.6 is 0 Å². The van der Waals surface area contributed by atoms with Gasteiger partial charge in [0.2, 0.25) is 0 Å². The lowest BCUT2D eigenvalue weighted by molar-refractivity contribution is -0.205. The van der Waals surface area contributed by atoms with Crippen LogP contribution in [0.5, 0.6) is 0 Å². The summed E-state index contributed by atoms with van der Waals surface area (Å²) in [6.07, 6.45) is -2.60. The van der Waals surface area contributed by atoms with E-state index in [-0.39, 0.29) is 6.42 Å². The molecule has 6 N–H and O–H groups in total. The molecule has 1 aliphatic rings. The number of aliphatic hydroxyl groups excluding tert-OH is 4. The average Bonchev–Trinajstić information content (AvgIpc) is 2.85. The van der Waals surface area contributed by atoms with E-state index in [9.17, 15) is 20.4 Å². The monoisotopic (exact) mass is 243 g/mol. The van der Waals surface area contributed by atoms with Crippen molar-refractivity contribution in [3.63, 3.8) is 0 Å². The first kappa shape index (κ1) is 12.5. The van der Waals surface area contributed by atoms with Gasteiger partial charge < -0.3 is 30.5 Å². The molecule has 0 spiro atoms. The summed E-state index contributed by atoms with van der Waals surface area (Å²) < 4.78 is 0. The zero-order valence-electron chi connectivity index (χ0n) is 9.19. The predicted octanol–water partition coefficient (Wildman–Crippen LogP) is -1.69. The summed E-state index contributed by atoms with van der Waals surface area (Å²) in [7, 11) is 0. The first-order chi connectivity index (χ1) is 7.99. The van der Waals surface area contributed by atoms with Crippen molar-refractivity contribution in [1.29, 1.82) is 0 Å². The fraction of sp³-hybridized carbons (Fsp3) is 0.636. The molecule has 1 heterocycles. The van der Waals surface area contributed by atoms with Crippen molar-refractivity contribution in [3.05, 3.63) is 24.0 Å². The van der Waals surface area contributed by atoms with Crippen LogP contribution in [0.2, 0.25) is 0 Å². The molecule has 0 aromatic carbocycles. The number of H-pyrrole nitrogens is 1. The Balaban J connectivity index is 2.29. The normalized spacial score (nSPS) is 42.6. The molecule has 1 saturated carbocycles. The molecular weight excluding hydrogens is 226 g/mol. The Labute approximate surface area is 98.2 Å². The third-order valence-electron chi connectivity index (χ3n) is 3.50. The lowest BCUT2D eigenvalue weighted by Crippen LogP contribution is -2.61. The standard InChI is InChI=1S/C11H17NO5/c13-5-11(17)4-6(7-2-1-3-12-7)8(14)9(15)10(11)16/h1-3,6,8-10,12-17H,4-5H2. The van der Waals surface area contributed by atoms with Crippen LogP contribution < -0.4 is 0 Å². The van der Waals surface area contributed by atoms with Crippen LogP contribution in [0.25, 0.3) is 0 Å². The van der Waals surface area contributed by atoms with Crippen LogP contribution in [-0.4, -0.2) is 61.0 Å². The van der Waals surface area contributed by atoms with Gasteiger partial charge in [0.1, 0.15) is 17.8 Å². The maximum Gasteiger partial charge on any atom is 0.117 e. The fourth-order valence-electron chi connectivity index (χ4n) is 2.39. The Morgan fingerprint density at radius 3 is 2.53 bits per heavy atom. The molecular formula is C11H17NO5. The SMILES string of the molecule is OCC1(O)CC(c2ccc[nH]2)C(O)C(O)C1O. The minimum absolute atomic E-state index is 0.0244. The maximum absolute atomic E-state index is 10.0. The molecule has 0 bridgehead atoms. The Hall–Kier alpha value is -0.920. The Morgan fingerprint density at radius 1 is 1.29 bits per heavy atom. The fourth-order valence-corrected chi connectivity index (χ4v) is 2.39. The number of nitrogens with one attached hydrogen (secondary N) is 1. The highest BCUT2D eigenvalue weighted by Crippen LogP contribution is 2.38. The van der Waals surface area contributed by atoms with E-state index < -0.39 is 36.4 Å². The first-order valence-electron chi connectivity index (χ1n) is 5.50. The van der Waals surface area contributed by atoms with Gasteiger partial charge in [-0.1, -0.05) is 0 Å². The van der Waals surface area contributed by atoms with Crippen molar-refractivity contribution in [2.75, 3.05) is 6.61 Å². The maximum atomic E-state index is 10.0.